The fourth-order valence-corrected chi connectivity index (χ4v) is 1.87. The maximum absolute atomic E-state index is 12.0. The lowest BCUT2D eigenvalue weighted by atomic mass is 9.76. The van der Waals surface area contributed by atoms with Crippen LogP contribution < -0.4 is 4.74 Å². The van der Waals surface area contributed by atoms with Gasteiger partial charge >= 0.3 is 5.97 Å². The molecule has 1 aromatic carbocycles. The van der Waals surface area contributed by atoms with Crippen LogP contribution in [0.5, 0.6) is 5.75 Å². The van der Waals surface area contributed by atoms with E-state index in [0.29, 0.717) is 5.75 Å². The molecular formula is C15H22O2. The van der Waals surface area contributed by atoms with Gasteiger partial charge in [-0.1, -0.05) is 52.3 Å². The Hall–Kier alpha value is -1.31. The Labute approximate surface area is 104 Å². The first-order valence-corrected chi connectivity index (χ1v) is 6.24. The molecule has 0 aliphatic carbocycles. The molecule has 1 unspecified atom stereocenters. The summed E-state index contributed by atoms with van der Waals surface area (Å²) in [7, 11) is 0. The first kappa shape index (κ1) is 13.8. The Balaban J connectivity index is 2.65. The van der Waals surface area contributed by atoms with Crippen molar-refractivity contribution in [2.24, 2.45) is 11.3 Å². The minimum atomic E-state index is -0.144. The first-order chi connectivity index (χ1) is 7.97. The van der Waals surface area contributed by atoms with Crippen molar-refractivity contribution >= 4 is 5.97 Å². The van der Waals surface area contributed by atoms with Gasteiger partial charge in [0.05, 0.1) is 5.92 Å². The van der Waals surface area contributed by atoms with Gasteiger partial charge in [-0.15, -0.1) is 0 Å². The highest BCUT2D eigenvalue weighted by molar-refractivity contribution is 5.75. The van der Waals surface area contributed by atoms with E-state index in [1.54, 1.807) is 12.1 Å². The molecule has 2 heteroatoms. The third-order valence-electron chi connectivity index (χ3n) is 3.38. The summed E-state index contributed by atoms with van der Waals surface area (Å²) in [5, 5.41) is 0. The van der Waals surface area contributed by atoms with Crippen LogP contribution in [0.2, 0.25) is 0 Å². The number of rotatable bonds is 5. The van der Waals surface area contributed by atoms with Crippen molar-refractivity contribution in [3.63, 3.8) is 0 Å². The topological polar surface area (TPSA) is 26.3 Å². The number of carbonyl (C=O) groups is 1. The van der Waals surface area contributed by atoms with Crippen LogP contribution >= 0.6 is 0 Å². The van der Waals surface area contributed by atoms with Crippen molar-refractivity contribution in [2.75, 3.05) is 0 Å². The Morgan fingerprint density at radius 1 is 1.29 bits per heavy atom. The molecule has 0 saturated carbocycles. The number of benzene rings is 1. The summed E-state index contributed by atoms with van der Waals surface area (Å²) in [6.45, 7) is 8.32. The summed E-state index contributed by atoms with van der Waals surface area (Å²) in [5.74, 6) is 0.383. The minimum absolute atomic E-state index is 0.0133. The second-order valence-corrected chi connectivity index (χ2v) is 5.19. The van der Waals surface area contributed by atoms with Crippen LogP contribution in [0, 0.1) is 11.3 Å². The van der Waals surface area contributed by atoms with E-state index >= 15 is 0 Å². The van der Waals surface area contributed by atoms with Crippen LogP contribution in [0.25, 0.3) is 0 Å². The molecular weight excluding hydrogens is 212 g/mol. The SMILES string of the molecule is CCCC(C)(C)C(C)C(=O)Oc1ccccc1. The molecule has 0 aromatic heterocycles. The highest BCUT2D eigenvalue weighted by atomic mass is 16.5. The maximum atomic E-state index is 12.0. The van der Waals surface area contributed by atoms with Gasteiger partial charge in [-0.2, -0.15) is 0 Å². The maximum Gasteiger partial charge on any atom is 0.314 e. The Morgan fingerprint density at radius 3 is 2.41 bits per heavy atom. The van der Waals surface area contributed by atoms with E-state index in [4.69, 9.17) is 4.74 Å². The highest BCUT2D eigenvalue weighted by Crippen LogP contribution is 2.32. The summed E-state index contributed by atoms with van der Waals surface area (Å²) in [5.41, 5.74) is -0.0133. The average Bonchev–Trinajstić information content (AvgIpc) is 2.29. The van der Waals surface area contributed by atoms with Crippen molar-refractivity contribution in [2.45, 2.75) is 40.5 Å². The molecule has 1 rings (SSSR count). The van der Waals surface area contributed by atoms with Crippen molar-refractivity contribution in [3.8, 4) is 5.75 Å². The smallest absolute Gasteiger partial charge is 0.314 e. The van der Waals surface area contributed by atoms with Gasteiger partial charge in [0.2, 0.25) is 0 Å². The van der Waals surface area contributed by atoms with Crippen molar-refractivity contribution in [1.29, 1.82) is 0 Å². The molecule has 0 N–H and O–H groups in total. The molecule has 0 radical (unpaired) electrons. The quantitative estimate of drug-likeness (QED) is 0.567. The van der Waals surface area contributed by atoms with Crippen LogP contribution in [0.3, 0.4) is 0 Å². The predicted octanol–water partition coefficient (Wildman–Crippen LogP) is 4.05. The zero-order chi connectivity index (χ0) is 12.9. The van der Waals surface area contributed by atoms with E-state index in [-0.39, 0.29) is 17.3 Å². The zero-order valence-electron chi connectivity index (χ0n) is 11.2. The van der Waals surface area contributed by atoms with Crippen molar-refractivity contribution in [3.05, 3.63) is 30.3 Å². The lowest BCUT2D eigenvalue weighted by molar-refractivity contribution is -0.142. The van der Waals surface area contributed by atoms with E-state index < -0.39 is 0 Å². The molecule has 2 nitrogen and oxygen atoms in total. The molecule has 0 saturated heterocycles. The normalized spacial score (nSPS) is 13.2. The Kier molecular flexibility index (Phi) is 4.73. The van der Waals surface area contributed by atoms with Crippen molar-refractivity contribution < 1.29 is 9.53 Å². The summed E-state index contributed by atoms with van der Waals surface area (Å²) < 4.78 is 5.37. The number of esters is 1. The van der Waals surface area contributed by atoms with Gasteiger partial charge in [-0.05, 0) is 24.0 Å². The molecule has 0 spiro atoms. The van der Waals surface area contributed by atoms with Gasteiger partial charge < -0.3 is 4.74 Å². The Bertz CT molecular complexity index is 354. The fourth-order valence-electron chi connectivity index (χ4n) is 1.87. The van der Waals surface area contributed by atoms with Gasteiger partial charge in [-0.3, -0.25) is 4.79 Å². The minimum Gasteiger partial charge on any atom is -0.426 e. The second-order valence-electron chi connectivity index (χ2n) is 5.19. The number of carbonyl (C=O) groups excluding carboxylic acids is 1. The van der Waals surface area contributed by atoms with E-state index in [0.717, 1.165) is 12.8 Å². The van der Waals surface area contributed by atoms with Gasteiger partial charge in [0.1, 0.15) is 5.75 Å². The molecule has 94 valence electrons. The zero-order valence-corrected chi connectivity index (χ0v) is 11.2. The predicted molar refractivity (Wildman–Crippen MR) is 69.9 cm³/mol. The van der Waals surface area contributed by atoms with Crippen molar-refractivity contribution in [1.82, 2.24) is 0 Å². The molecule has 0 fully saturated rings. The third-order valence-corrected chi connectivity index (χ3v) is 3.38. The third kappa shape index (κ3) is 3.88. The lowest BCUT2D eigenvalue weighted by Crippen LogP contribution is -2.31. The van der Waals surface area contributed by atoms with Gasteiger partial charge in [-0.25, -0.2) is 0 Å². The molecule has 0 aliphatic rings. The highest BCUT2D eigenvalue weighted by Gasteiger charge is 2.31. The summed E-state index contributed by atoms with van der Waals surface area (Å²) >= 11 is 0. The number of hydrogen-bond acceptors (Lipinski definition) is 2. The molecule has 0 aliphatic heterocycles. The molecule has 17 heavy (non-hydrogen) atoms. The van der Waals surface area contributed by atoms with E-state index in [2.05, 4.69) is 20.8 Å². The van der Waals surface area contributed by atoms with Gasteiger partial charge in [0, 0.05) is 0 Å². The number of para-hydroxylation sites is 1. The molecule has 0 amide bonds. The number of ether oxygens (including phenoxy) is 1. The van der Waals surface area contributed by atoms with E-state index in [1.165, 1.54) is 0 Å². The van der Waals surface area contributed by atoms with E-state index in [1.807, 2.05) is 25.1 Å². The average molecular weight is 234 g/mol. The number of hydrogen-bond donors (Lipinski definition) is 0. The molecule has 0 heterocycles. The van der Waals surface area contributed by atoms with Crippen LogP contribution in [0.1, 0.15) is 40.5 Å². The van der Waals surface area contributed by atoms with Crippen LogP contribution in [0.15, 0.2) is 30.3 Å². The van der Waals surface area contributed by atoms with Gasteiger partial charge in [0.25, 0.3) is 0 Å². The second kappa shape index (κ2) is 5.85. The monoisotopic (exact) mass is 234 g/mol. The molecule has 0 bridgehead atoms. The lowest BCUT2D eigenvalue weighted by Gasteiger charge is -2.29. The first-order valence-electron chi connectivity index (χ1n) is 6.24. The summed E-state index contributed by atoms with van der Waals surface area (Å²) in [4.78, 5) is 12.0. The van der Waals surface area contributed by atoms with Crippen LogP contribution in [0.4, 0.5) is 0 Å². The van der Waals surface area contributed by atoms with Crippen LogP contribution in [-0.4, -0.2) is 5.97 Å². The standard InChI is InChI=1S/C15H22O2/c1-5-11-15(3,4)12(2)14(16)17-13-9-7-6-8-10-13/h6-10,12H,5,11H2,1-4H3. The molecule has 1 atom stereocenters. The molecule has 1 aromatic rings. The summed E-state index contributed by atoms with van der Waals surface area (Å²) in [6, 6.07) is 9.24. The fraction of sp³-hybridized carbons (Fsp3) is 0.533. The Morgan fingerprint density at radius 2 is 1.88 bits per heavy atom. The largest absolute Gasteiger partial charge is 0.426 e. The van der Waals surface area contributed by atoms with E-state index in [9.17, 15) is 4.79 Å². The summed E-state index contributed by atoms with van der Waals surface area (Å²) in [6.07, 6.45) is 2.11. The van der Waals surface area contributed by atoms with Gasteiger partial charge in [0.15, 0.2) is 0 Å². The van der Waals surface area contributed by atoms with Crippen LogP contribution in [-0.2, 0) is 4.79 Å².